The fourth-order valence-electron chi connectivity index (χ4n) is 4.82. The van der Waals surface area contributed by atoms with Crippen LogP contribution in [0.5, 0.6) is 0 Å². The van der Waals surface area contributed by atoms with Gasteiger partial charge in [-0.15, -0.1) is 0 Å². The molecule has 0 radical (unpaired) electrons. The summed E-state index contributed by atoms with van der Waals surface area (Å²) in [5, 5.41) is 0. The van der Waals surface area contributed by atoms with Crippen molar-refractivity contribution in [3.05, 3.63) is 53.6 Å². The fraction of sp³-hybridized carbons (Fsp3) is 0.571. The van der Waals surface area contributed by atoms with Gasteiger partial charge in [0.25, 0.3) is 0 Å². The van der Waals surface area contributed by atoms with Crippen molar-refractivity contribution >= 4 is 0 Å². The number of aryl methyl sites for hydroxylation is 1. The van der Waals surface area contributed by atoms with E-state index in [1.165, 1.54) is 68.8 Å². The van der Waals surface area contributed by atoms with Crippen molar-refractivity contribution in [2.45, 2.75) is 45.7 Å². The first-order chi connectivity index (χ1) is 12.2. The largest absolute Gasteiger partial charge is 0.348 e. The highest BCUT2D eigenvalue weighted by molar-refractivity contribution is 5.15. The number of hydrogen-bond donors (Lipinski definition) is 1. The molecule has 1 spiro atoms. The van der Waals surface area contributed by atoms with Crippen LogP contribution in [-0.2, 0) is 13.1 Å². The molecule has 2 fully saturated rings. The standard InChI is InChI=1S/C21H30N4/c1-18-20(23-17-22-18)14-25-12-6-10-21(16-25)9-5-11-24(15-21)13-19-7-3-2-4-8-19/h2-4,7-8,17H,5-6,9-16H2,1H3,(H,22,23)/t21-/m1/s1. The van der Waals surface area contributed by atoms with Gasteiger partial charge in [-0.05, 0) is 56.7 Å². The highest BCUT2D eigenvalue weighted by Gasteiger charge is 2.39. The zero-order chi connectivity index (χ0) is 17.1. The number of rotatable bonds is 4. The van der Waals surface area contributed by atoms with E-state index in [9.17, 15) is 0 Å². The van der Waals surface area contributed by atoms with Crippen LogP contribution in [0.15, 0.2) is 36.7 Å². The molecular formula is C21H30N4. The number of H-pyrrole nitrogens is 1. The van der Waals surface area contributed by atoms with E-state index in [1.807, 2.05) is 6.33 Å². The van der Waals surface area contributed by atoms with Gasteiger partial charge in [0.05, 0.1) is 12.0 Å². The quantitative estimate of drug-likeness (QED) is 0.925. The Hall–Kier alpha value is -1.65. The summed E-state index contributed by atoms with van der Waals surface area (Å²) in [6.45, 7) is 9.16. The molecule has 134 valence electrons. The van der Waals surface area contributed by atoms with Crippen molar-refractivity contribution in [1.82, 2.24) is 19.8 Å². The van der Waals surface area contributed by atoms with E-state index >= 15 is 0 Å². The van der Waals surface area contributed by atoms with Crippen LogP contribution >= 0.6 is 0 Å². The third-order valence-electron chi connectivity index (χ3n) is 6.04. The second-order valence-electron chi connectivity index (χ2n) is 8.09. The number of hydrogen-bond acceptors (Lipinski definition) is 3. The first-order valence-corrected chi connectivity index (χ1v) is 9.70. The molecule has 1 aromatic heterocycles. The van der Waals surface area contributed by atoms with Crippen molar-refractivity contribution in [1.29, 1.82) is 0 Å². The maximum atomic E-state index is 4.51. The lowest BCUT2D eigenvalue weighted by Crippen LogP contribution is -2.51. The molecule has 3 heterocycles. The van der Waals surface area contributed by atoms with Crippen LogP contribution in [0.2, 0.25) is 0 Å². The SMILES string of the molecule is Cc1[nH]cnc1CN1CCC[C@@]2(CCCN(Cc3ccccc3)C2)C1. The Balaban J connectivity index is 1.40. The molecule has 4 nitrogen and oxygen atoms in total. The molecule has 0 aliphatic carbocycles. The molecule has 25 heavy (non-hydrogen) atoms. The highest BCUT2D eigenvalue weighted by atomic mass is 15.2. The van der Waals surface area contributed by atoms with E-state index in [4.69, 9.17) is 0 Å². The predicted molar refractivity (Wildman–Crippen MR) is 101 cm³/mol. The van der Waals surface area contributed by atoms with Gasteiger partial charge in [-0.25, -0.2) is 4.98 Å². The number of aromatic amines is 1. The molecule has 0 unspecified atom stereocenters. The van der Waals surface area contributed by atoms with Crippen molar-refractivity contribution in [2.24, 2.45) is 5.41 Å². The Morgan fingerprint density at radius 1 is 1.00 bits per heavy atom. The van der Waals surface area contributed by atoms with Crippen LogP contribution in [0.25, 0.3) is 0 Å². The molecule has 4 rings (SSSR count). The molecular weight excluding hydrogens is 308 g/mol. The summed E-state index contributed by atoms with van der Waals surface area (Å²) in [5.41, 5.74) is 4.36. The number of likely N-dealkylation sites (tertiary alicyclic amines) is 2. The van der Waals surface area contributed by atoms with E-state index in [0.29, 0.717) is 5.41 Å². The van der Waals surface area contributed by atoms with E-state index < -0.39 is 0 Å². The van der Waals surface area contributed by atoms with Crippen LogP contribution in [0.3, 0.4) is 0 Å². The van der Waals surface area contributed by atoms with E-state index in [1.54, 1.807) is 0 Å². The highest BCUT2D eigenvalue weighted by Crippen LogP contribution is 2.39. The van der Waals surface area contributed by atoms with Gasteiger partial charge in [0.2, 0.25) is 0 Å². The number of benzene rings is 1. The van der Waals surface area contributed by atoms with E-state index in [-0.39, 0.29) is 0 Å². The number of aromatic nitrogens is 2. The second kappa shape index (κ2) is 7.30. The normalized spacial score (nSPS) is 25.5. The first-order valence-electron chi connectivity index (χ1n) is 9.70. The van der Waals surface area contributed by atoms with E-state index in [0.717, 1.165) is 13.1 Å². The van der Waals surface area contributed by atoms with Crippen LogP contribution in [-0.4, -0.2) is 45.9 Å². The third-order valence-corrected chi connectivity index (χ3v) is 6.04. The summed E-state index contributed by atoms with van der Waals surface area (Å²) >= 11 is 0. The van der Waals surface area contributed by atoms with Gasteiger partial charge < -0.3 is 4.98 Å². The zero-order valence-corrected chi connectivity index (χ0v) is 15.4. The maximum Gasteiger partial charge on any atom is 0.0925 e. The van der Waals surface area contributed by atoms with Crippen LogP contribution < -0.4 is 0 Å². The lowest BCUT2D eigenvalue weighted by atomic mass is 9.73. The molecule has 2 aliphatic heterocycles. The van der Waals surface area contributed by atoms with Crippen LogP contribution in [0, 0.1) is 12.3 Å². The number of imidazole rings is 1. The minimum atomic E-state index is 0.482. The second-order valence-corrected chi connectivity index (χ2v) is 8.09. The Labute approximate surface area is 151 Å². The number of nitrogens with zero attached hydrogens (tertiary/aromatic N) is 3. The van der Waals surface area contributed by atoms with Gasteiger partial charge in [0.1, 0.15) is 0 Å². The van der Waals surface area contributed by atoms with Crippen molar-refractivity contribution in [3.8, 4) is 0 Å². The van der Waals surface area contributed by atoms with Gasteiger partial charge in [-0.1, -0.05) is 30.3 Å². The van der Waals surface area contributed by atoms with Crippen LogP contribution in [0.4, 0.5) is 0 Å². The summed E-state index contributed by atoms with van der Waals surface area (Å²) in [6.07, 6.45) is 7.25. The summed E-state index contributed by atoms with van der Waals surface area (Å²) in [6, 6.07) is 10.9. The molecule has 2 saturated heterocycles. The molecule has 0 bridgehead atoms. The van der Waals surface area contributed by atoms with Crippen molar-refractivity contribution in [3.63, 3.8) is 0 Å². The smallest absolute Gasteiger partial charge is 0.0925 e. The Bertz CT molecular complexity index is 676. The molecule has 1 atom stereocenters. The molecule has 0 amide bonds. The summed E-state index contributed by atoms with van der Waals surface area (Å²) < 4.78 is 0. The lowest BCUT2D eigenvalue weighted by molar-refractivity contribution is 0.00733. The van der Waals surface area contributed by atoms with Gasteiger partial charge in [-0.2, -0.15) is 0 Å². The average Bonchev–Trinajstić information content (AvgIpc) is 3.01. The molecule has 1 N–H and O–H groups in total. The van der Waals surface area contributed by atoms with Crippen molar-refractivity contribution < 1.29 is 0 Å². The summed E-state index contributed by atoms with van der Waals surface area (Å²) in [5.74, 6) is 0. The number of piperidine rings is 2. The van der Waals surface area contributed by atoms with Crippen molar-refractivity contribution in [2.75, 3.05) is 26.2 Å². The van der Waals surface area contributed by atoms with E-state index in [2.05, 4.69) is 57.0 Å². The molecule has 0 saturated carbocycles. The number of nitrogens with one attached hydrogen (secondary N) is 1. The molecule has 4 heteroatoms. The molecule has 2 aliphatic rings. The molecule has 1 aromatic carbocycles. The lowest BCUT2D eigenvalue weighted by Gasteiger charge is -2.48. The van der Waals surface area contributed by atoms with Gasteiger partial charge in [0, 0.05) is 31.9 Å². The Morgan fingerprint density at radius 2 is 1.68 bits per heavy atom. The zero-order valence-electron chi connectivity index (χ0n) is 15.4. The van der Waals surface area contributed by atoms with Gasteiger partial charge in [-0.3, -0.25) is 9.80 Å². The Kier molecular flexibility index (Phi) is 4.91. The average molecular weight is 338 g/mol. The minimum absolute atomic E-state index is 0.482. The first kappa shape index (κ1) is 16.8. The Morgan fingerprint density at radius 3 is 2.32 bits per heavy atom. The fourth-order valence-corrected chi connectivity index (χ4v) is 4.82. The third kappa shape index (κ3) is 3.96. The monoisotopic (exact) mass is 338 g/mol. The van der Waals surface area contributed by atoms with Gasteiger partial charge in [0.15, 0.2) is 0 Å². The summed E-state index contributed by atoms with van der Waals surface area (Å²) in [4.78, 5) is 13.0. The minimum Gasteiger partial charge on any atom is -0.348 e. The molecule has 2 aromatic rings. The predicted octanol–water partition coefficient (Wildman–Crippen LogP) is 3.60. The summed E-state index contributed by atoms with van der Waals surface area (Å²) in [7, 11) is 0. The van der Waals surface area contributed by atoms with Gasteiger partial charge >= 0.3 is 0 Å². The van der Waals surface area contributed by atoms with Crippen LogP contribution in [0.1, 0.15) is 42.6 Å². The maximum absolute atomic E-state index is 4.51. The topological polar surface area (TPSA) is 35.2 Å².